The maximum atomic E-state index is 6.11. The van der Waals surface area contributed by atoms with Gasteiger partial charge in [-0.25, -0.2) is 0 Å². The summed E-state index contributed by atoms with van der Waals surface area (Å²) in [4.78, 5) is 0. The van der Waals surface area contributed by atoms with Crippen LogP contribution in [0.5, 0.6) is 0 Å². The zero-order chi connectivity index (χ0) is 13.9. The summed E-state index contributed by atoms with van der Waals surface area (Å²) in [6.07, 6.45) is 4.87. The molecule has 1 N–H and O–H groups in total. The molecule has 0 bridgehead atoms. The Balaban J connectivity index is 1.92. The largest absolute Gasteiger partial charge is 0.377 e. The predicted octanol–water partition coefficient (Wildman–Crippen LogP) is 5.98. The van der Waals surface area contributed by atoms with Gasteiger partial charge in [-0.3, -0.25) is 0 Å². The Morgan fingerprint density at radius 1 is 1.10 bits per heavy atom. The lowest BCUT2D eigenvalue weighted by Crippen LogP contribution is -2.11. The Hall–Kier alpha value is -0.990. The van der Waals surface area contributed by atoms with Gasteiger partial charge >= 0.3 is 0 Å². The second-order valence-electron chi connectivity index (χ2n) is 5.27. The van der Waals surface area contributed by atoms with E-state index in [2.05, 4.69) is 45.5 Å². The van der Waals surface area contributed by atoms with Crippen molar-refractivity contribution < 1.29 is 0 Å². The number of fused-ring (bicyclic) bond motifs is 1. The van der Waals surface area contributed by atoms with Gasteiger partial charge in [0, 0.05) is 9.50 Å². The molecule has 1 unspecified atom stereocenters. The van der Waals surface area contributed by atoms with Crippen LogP contribution in [0, 0.1) is 0 Å². The van der Waals surface area contributed by atoms with E-state index >= 15 is 0 Å². The lowest BCUT2D eigenvalue weighted by Gasteiger charge is -2.21. The van der Waals surface area contributed by atoms with E-state index in [1.807, 2.05) is 18.2 Å². The Morgan fingerprint density at radius 2 is 1.95 bits per heavy atom. The van der Waals surface area contributed by atoms with Crippen molar-refractivity contribution in [1.82, 2.24) is 0 Å². The SMILES string of the molecule is Clc1ccc(Br)c(NC2CCCCc3ccccc32)c1. The highest BCUT2D eigenvalue weighted by Crippen LogP contribution is 2.34. The molecule has 104 valence electrons. The van der Waals surface area contributed by atoms with Crippen molar-refractivity contribution in [2.75, 3.05) is 5.32 Å². The number of benzene rings is 2. The summed E-state index contributed by atoms with van der Waals surface area (Å²) >= 11 is 9.70. The Morgan fingerprint density at radius 3 is 2.85 bits per heavy atom. The van der Waals surface area contributed by atoms with Crippen molar-refractivity contribution in [1.29, 1.82) is 0 Å². The van der Waals surface area contributed by atoms with E-state index in [-0.39, 0.29) is 0 Å². The first-order valence-electron chi connectivity index (χ1n) is 7.03. The van der Waals surface area contributed by atoms with Crippen molar-refractivity contribution in [2.24, 2.45) is 0 Å². The van der Waals surface area contributed by atoms with Crippen LogP contribution in [0.25, 0.3) is 0 Å². The zero-order valence-corrected chi connectivity index (χ0v) is 13.5. The number of hydrogen-bond donors (Lipinski definition) is 1. The van der Waals surface area contributed by atoms with Crippen LogP contribution in [0.4, 0.5) is 5.69 Å². The van der Waals surface area contributed by atoms with Crippen molar-refractivity contribution in [2.45, 2.75) is 31.7 Å². The Labute approximate surface area is 133 Å². The fourth-order valence-corrected chi connectivity index (χ4v) is 3.40. The molecule has 1 nitrogen and oxygen atoms in total. The molecular weight excluding hydrogens is 334 g/mol. The normalized spacial score (nSPS) is 18.2. The minimum Gasteiger partial charge on any atom is -0.377 e. The zero-order valence-electron chi connectivity index (χ0n) is 11.2. The number of anilines is 1. The molecule has 0 aliphatic heterocycles. The summed E-state index contributed by atoms with van der Waals surface area (Å²) in [6.45, 7) is 0. The topological polar surface area (TPSA) is 12.0 Å². The molecule has 0 spiro atoms. The summed E-state index contributed by atoms with van der Waals surface area (Å²) < 4.78 is 1.06. The number of halogens is 2. The molecule has 0 radical (unpaired) electrons. The lowest BCUT2D eigenvalue weighted by atomic mass is 9.99. The molecule has 3 rings (SSSR count). The van der Waals surface area contributed by atoms with Crippen molar-refractivity contribution in [3.63, 3.8) is 0 Å². The molecule has 1 atom stereocenters. The highest BCUT2D eigenvalue weighted by molar-refractivity contribution is 9.10. The highest BCUT2D eigenvalue weighted by atomic mass is 79.9. The number of nitrogens with one attached hydrogen (secondary N) is 1. The van der Waals surface area contributed by atoms with Crippen molar-refractivity contribution in [3.05, 3.63) is 63.1 Å². The first kappa shape index (κ1) is 14.0. The number of hydrogen-bond acceptors (Lipinski definition) is 1. The lowest BCUT2D eigenvalue weighted by molar-refractivity contribution is 0.644. The van der Waals surface area contributed by atoms with Gasteiger partial charge in [0.15, 0.2) is 0 Å². The maximum absolute atomic E-state index is 6.11. The summed E-state index contributed by atoms with van der Waals surface area (Å²) in [6, 6.07) is 15.0. The smallest absolute Gasteiger partial charge is 0.0516 e. The fourth-order valence-electron chi connectivity index (χ4n) is 2.87. The highest BCUT2D eigenvalue weighted by Gasteiger charge is 2.18. The van der Waals surface area contributed by atoms with E-state index in [1.165, 1.54) is 30.4 Å². The standard InChI is InChI=1S/C17H17BrClN/c18-15-10-9-13(19)11-17(15)20-16-8-4-2-6-12-5-1-3-7-14(12)16/h1,3,5,7,9-11,16,20H,2,4,6,8H2. The minimum absolute atomic E-state index is 0.364. The maximum Gasteiger partial charge on any atom is 0.0516 e. The van der Waals surface area contributed by atoms with E-state index in [4.69, 9.17) is 11.6 Å². The van der Waals surface area contributed by atoms with E-state index in [1.54, 1.807) is 0 Å². The molecule has 0 saturated carbocycles. The number of aryl methyl sites for hydroxylation is 1. The molecule has 1 aliphatic rings. The molecule has 0 fully saturated rings. The second kappa shape index (κ2) is 6.19. The van der Waals surface area contributed by atoms with Gasteiger partial charge in [0.05, 0.1) is 11.7 Å². The molecule has 0 amide bonds. The molecular formula is C17H17BrClN. The van der Waals surface area contributed by atoms with Crippen LogP contribution >= 0.6 is 27.5 Å². The van der Waals surface area contributed by atoms with Gasteiger partial charge in [0.25, 0.3) is 0 Å². The average molecular weight is 351 g/mol. The first-order chi connectivity index (χ1) is 9.74. The second-order valence-corrected chi connectivity index (χ2v) is 6.56. The third-order valence-electron chi connectivity index (χ3n) is 3.88. The fraction of sp³-hybridized carbons (Fsp3) is 0.294. The van der Waals surface area contributed by atoms with E-state index in [0.29, 0.717) is 6.04 Å². The average Bonchev–Trinajstić information content (AvgIpc) is 2.66. The van der Waals surface area contributed by atoms with Crippen LogP contribution in [0.3, 0.4) is 0 Å². The first-order valence-corrected chi connectivity index (χ1v) is 8.20. The molecule has 20 heavy (non-hydrogen) atoms. The summed E-state index contributed by atoms with van der Waals surface area (Å²) in [5, 5.41) is 4.42. The van der Waals surface area contributed by atoms with Crippen LogP contribution in [-0.2, 0) is 6.42 Å². The van der Waals surface area contributed by atoms with Crippen molar-refractivity contribution in [3.8, 4) is 0 Å². The molecule has 0 heterocycles. The molecule has 1 aliphatic carbocycles. The summed E-state index contributed by atoms with van der Waals surface area (Å²) in [7, 11) is 0. The van der Waals surface area contributed by atoms with Gasteiger partial charge in [0.2, 0.25) is 0 Å². The molecule has 3 heteroatoms. The Bertz CT molecular complexity index is 612. The van der Waals surface area contributed by atoms with Gasteiger partial charge < -0.3 is 5.32 Å². The van der Waals surface area contributed by atoms with Crippen LogP contribution in [0.1, 0.15) is 36.4 Å². The number of rotatable bonds is 2. The summed E-state index contributed by atoms with van der Waals surface area (Å²) in [5.74, 6) is 0. The van der Waals surface area contributed by atoms with E-state index < -0.39 is 0 Å². The molecule has 0 aromatic heterocycles. The molecule has 0 saturated heterocycles. The molecule has 2 aromatic carbocycles. The van der Waals surface area contributed by atoms with Gasteiger partial charge in [0.1, 0.15) is 0 Å². The molecule has 2 aromatic rings. The van der Waals surface area contributed by atoms with Gasteiger partial charge in [-0.15, -0.1) is 0 Å². The monoisotopic (exact) mass is 349 g/mol. The quantitative estimate of drug-likeness (QED) is 0.657. The predicted molar refractivity (Wildman–Crippen MR) is 89.5 cm³/mol. The van der Waals surface area contributed by atoms with Crippen molar-refractivity contribution >= 4 is 33.2 Å². The van der Waals surface area contributed by atoms with Crippen LogP contribution in [0.15, 0.2) is 46.9 Å². The van der Waals surface area contributed by atoms with Crippen LogP contribution < -0.4 is 5.32 Å². The Kier molecular flexibility index (Phi) is 4.32. The van der Waals surface area contributed by atoms with Gasteiger partial charge in [-0.2, -0.15) is 0 Å². The van der Waals surface area contributed by atoms with E-state index in [9.17, 15) is 0 Å². The van der Waals surface area contributed by atoms with Crippen LogP contribution in [-0.4, -0.2) is 0 Å². The third-order valence-corrected chi connectivity index (χ3v) is 4.80. The van der Waals surface area contributed by atoms with Gasteiger partial charge in [-0.05, 0) is 64.5 Å². The van der Waals surface area contributed by atoms with Crippen LogP contribution in [0.2, 0.25) is 5.02 Å². The van der Waals surface area contributed by atoms with E-state index in [0.717, 1.165) is 21.6 Å². The minimum atomic E-state index is 0.364. The van der Waals surface area contributed by atoms with Gasteiger partial charge in [-0.1, -0.05) is 42.3 Å². The third kappa shape index (κ3) is 3.02. The summed E-state index contributed by atoms with van der Waals surface area (Å²) in [5.41, 5.74) is 3.97.